The van der Waals surface area contributed by atoms with Gasteiger partial charge in [0, 0.05) is 12.5 Å². The lowest BCUT2D eigenvalue weighted by Gasteiger charge is -2.50. The van der Waals surface area contributed by atoms with E-state index >= 15 is 0 Å². The van der Waals surface area contributed by atoms with Crippen LogP contribution < -0.4 is 11.1 Å². The average molecular weight is 471 g/mol. The van der Waals surface area contributed by atoms with E-state index in [0.29, 0.717) is 30.2 Å². The zero-order valence-corrected chi connectivity index (χ0v) is 21.1. The number of allylic oxidation sites excluding steroid dienone is 1. The molecule has 3 saturated carbocycles. The van der Waals surface area contributed by atoms with Crippen molar-refractivity contribution in [2.75, 3.05) is 6.54 Å². The zero-order chi connectivity index (χ0) is 24.1. The average Bonchev–Trinajstić information content (AvgIpc) is 2.91. The summed E-state index contributed by atoms with van der Waals surface area (Å²) < 4.78 is 0. The highest BCUT2D eigenvalue weighted by atomic mass is 16.1. The third-order valence-electron chi connectivity index (χ3n) is 9.21. The summed E-state index contributed by atoms with van der Waals surface area (Å²) in [4.78, 5) is 13.0. The molecule has 3 aliphatic rings. The molecule has 35 heavy (non-hydrogen) atoms. The molecule has 0 heterocycles. The highest BCUT2D eigenvalue weighted by Crippen LogP contribution is 2.55. The molecule has 3 atom stereocenters. The summed E-state index contributed by atoms with van der Waals surface area (Å²) in [7, 11) is 0. The van der Waals surface area contributed by atoms with Gasteiger partial charge in [0.15, 0.2) is 0 Å². The van der Waals surface area contributed by atoms with Gasteiger partial charge in [-0.15, -0.1) is 0 Å². The minimum absolute atomic E-state index is 0.241. The summed E-state index contributed by atoms with van der Waals surface area (Å²) in [6.07, 6.45) is 14.8. The molecule has 0 saturated heterocycles. The topological polar surface area (TPSA) is 55.1 Å². The van der Waals surface area contributed by atoms with Crippen molar-refractivity contribution in [2.45, 2.75) is 82.1 Å². The number of nitrogens with two attached hydrogens (primary N) is 1. The molecule has 0 spiro atoms. The lowest BCUT2D eigenvalue weighted by atomic mass is 9.54. The number of fused-ring (bicyclic) bond motifs is 2. The van der Waals surface area contributed by atoms with Crippen LogP contribution in [0.5, 0.6) is 0 Å². The smallest absolute Gasteiger partial charge is 0.220 e. The lowest BCUT2D eigenvalue weighted by molar-refractivity contribution is -0.122. The molecule has 3 N–H and O–H groups in total. The van der Waals surface area contributed by atoms with Crippen LogP contribution in [0.1, 0.15) is 81.8 Å². The molecule has 3 fully saturated rings. The Morgan fingerprint density at radius 1 is 0.943 bits per heavy atom. The first-order chi connectivity index (χ1) is 17.1. The maximum atomic E-state index is 13.0. The number of rotatable bonds is 7. The molecule has 2 bridgehead atoms. The standard InChI is InChI=1S/C32H42N2O/c33-23-25-13-16-29(17-14-25)34-31(35)18-15-27-22-32(28-11-5-2-6-12-28)19-7-10-26(21-32)30(27)20-24-8-3-1-4-9-24/h1-6,8-9,11-12,20,25-27,29H,7,10,13-19,21-23,33H2,(H,34,35)/b30-20+/t25-,26?,27?,29-,32?. The van der Waals surface area contributed by atoms with Gasteiger partial charge in [-0.25, -0.2) is 0 Å². The quantitative estimate of drug-likeness (QED) is 0.477. The monoisotopic (exact) mass is 470 g/mol. The van der Waals surface area contributed by atoms with Crippen LogP contribution in [-0.2, 0) is 10.2 Å². The summed E-state index contributed by atoms with van der Waals surface area (Å²) in [6.45, 7) is 0.781. The van der Waals surface area contributed by atoms with Gasteiger partial charge >= 0.3 is 0 Å². The summed E-state index contributed by atoms with van der Waals surface area (Å²) in [5.41, 5.74) is 10.5. The third kappa shape index (κ3) is 5.72. The number of nitrogens with one attached hydrogen (secondary N) is 1. The molecule has 0 radical (unpaired) electrons. The molecular formula is C32H42N2O. The van der Waals surface area contributed by atoms with Crippen molar-refractivity contribution in [3.8, 4) is 0 Å². The Hall–Kier alpha value is -2.39. The van der Waals surface area contributed by atoms with Crippen LogP contribution in [0.25, 0.3) is 6.08 Å². The van der Waals surface area contributed by atoms with E-state index in [0.717, 1.165) is 38.6 Å². The van der Waals surface area contributed by atoms with Crippen molar-refractivity contribution >= 4 is 12.0 Å². The van der Waals surface area contributed by atoms with E-state index in [1.807, 2.05) is 0 Å². The van der Waals surface area contributed by atoms with Gasteiger partial charge in [0.25, 0.3) is 0 Å². The summed E-state index contributed by atoms with van der Waals surface area (Å²) in [5, 5.41) is 3.36. The second kappa shape index (κ2) is 11.1. The Morgan fingerprint density at radius 2 is 1.66 bits per heavy atom. The van der Waals surface area contributed by atoms with Gasteiger partial charge in [-0.2, -0.15) is 0 Å². The van der Waals surface area contributed by atoms with Gasteiger partial charge < -0.3 is 11.1 Å². The van der Waals surface area contributed by atoms with Gasteiger partial charge in [0.2, 0.25) is 5.91 Å². The number of hydrogen-bond donors (Lipinski definition) is 2. The fraction of sp³-hybridized carbons (Fsp3) is 0.531. The van der Waals surface area contributed by atoms with E-state index < -0.39 is 0 Å². The van der Waals surface area contributed by atoms with Gasteiger partial charge in [-0.3, -0.25) is 4.79 Å². The Labute approximate surface area is 211 Å². The molecule has 0 aromatic heterocycles. The van der Waals surface area contributed by atoms with Crippen molar-refractivity contribution in [1.29, 1.82) is 0 Å². The maximum Gasteiger partial charge on any atom is 0.220 e. The van der Waals surface area contributed by atoms with E-state index in [1.54, 1.807) is 5.57 Å². The predicted molar refractivity (Wildman–Crippen MR) is 145 cm³/mol. The number of benzene rings is 2. The Morgan fingerprint density at radius 3 is 2.37 bits per heavy atom. The third-order valence-corrected chi connectivity index (χ3v) is 9.21. The minimum atomic E-state index is 0.241. The van der Waals surface area contributed by atoms with Crippen LogP contribution in [0, 0.1) is 17.8 Å². The Balaban J connectivity index is 1.32. The van der Waals surface area contributed by atoms with E-state index in [-0.39, 0.29) is 11.3 Å². The molecule has 186 valence electrons. The maximum absolute atomic E-state index is 13.0. The lowest BCUT2D eigenvalue weighted by Crippen LogP contribution is -2.42. The van der Waals surface area contributed by atoms with Crippen LogP contribution in [-0.4, -0.2) is 18.5 Å². The Kier molecular flexibility index (Phi) is 7.72. The predicted octanol–water partition coefficient (Wildman–Crippen LogP) is 6.63. The normalized spacial score (nSPS) is 31.7. The van der Waals surface area contributed by atoms with Gasteiger partial charge in [0.05, 0.1) is 0 Å². The van der Waals surface area contributed by atoms with Crippen molar-refractivity contribution in [3.05, 3.63) is 77.4 Å². The number of carbonyl (C=O) groups is 1. The van der Waals surface area contributed by atoms with Crippen LogP contribution in [0.15, 0.2) is 66.2 Å². The van der Waals surface area contributed by atoms with Crippen LogP contribution in [0.4, 0.5) is 0 Å². The molecule has 3 unspecified atom stereocenters. The van der Waals surface area contributed by atoms with Crippen LogP contribution in [0.3, 0.4) is 0 Å². The molecule has 3 heteroatoms. The van der Waals surface area contributed by atoms with Crippen molar-refractivity contribution in [3.63, 3.8) is 0 Å². The number of hydrogen-bond acceptors (Lipinski definition) is 2. The second-order valence-electron chi connectivity index (χ2n) is 11.5. The van der Waals surface area contributed by atoms with Crippen molar-refractivity contribution in [1.82, 2.24) is 5.32 Å². The first kappa shape index (κ1) is 24.3. The molecule has 3 aliphatic carbocycles. The summed E-state index contributed by atoms with van der Waals surface area (Å²) in [5.74, 6) is 1.97. The Bertz CT molecular complexity index is 993. The fourth-order valence-corrected chi connectivity index (χ4v) is 7.32. The highest BCUT2D eigenvalue weighted by molar-refractivity contribution is 5.76. The van der Waals surface area contributed by atoms with E-state index in [1.165, 1.54) is 43.2 Å². The molecule has 2 aromatic rings. The molecule has 5 rings (SSSR count). The van der Waals surface area contributed by atoms with Crippen LogP contribution in [0.2, 0.25) is 0 Å². The largest absolute Gasteiger partial charge is 0.353 e. The fourth-order valence-electron chi connectivity index (χ4n) is 7.32. The van der Waals surface area contributed by atoms with E-state index in [4.69, 9.17) is 5.73 Å². The first-order valence-corrected chi connectivity index (χ1v) is 14.0. The van der Waals surface area contributed by atoms with E-state index in [2.05, 4.69) is 72.1 Å². The molecule has 2 aromatic carbocycles. The number of carbonyl (C=O) groups excluding carboxylic acids is 1. The first-order valence-electron chi connectivity index (χ1n) is 14.0. The second-order valence-corrected chi connectivity index (χ2v) is 11.5. The molecule has 1 amide bonds. The molecular weight excluding hydrogens is 428 g/mol. The summed E-state index contributed by atoms with van der Waals surface area (Å²) in [6, 6.07) is 22.3. The van der Waals surface area contributed by atoms with E-state index in [9.17, 15) is 4.79 Å². The van der Waals surface area contributed by atoms with Gasteiger partial charge in [0.1, 0.15) is 0 Å². The van der Waals surface area contributed by atoms with Crippen molar-refractivity contribution in [2.24, 2.45) is 23.5 Å². The highest BCUT2D eigenvalue weighted by Gasteiger charge is 2.46. The zero-order valence-electron chi connectivity index (χ0n) is 21.1. The van der Waals surface area contributed by atoms with Crippen LogP contribution >= 0.6 is 0 Å². The van der Waals surface area contributed by atoms with Crippen molar-refractivity contribution < 1.29 is 4.79 Å². The summed E-state index contributed by atoms with van der Waals surface area (Å²) >= 11 is 0. The molecule has 0 aliphatic heterocycles. The SMILES string of the molecule is NC[C@H]1CC[C@H](NC(=O)CCC2CC3(c4ccccc4)CCCC(C3)/C2=C\c2ccccc2)CC1. The van der Waals surface area contributed by atoms with Gasteiger partial charge in [-0.1, -0.05) is 78.7 Å². The van der Waals surface area contributed by atoms with Gasteiger partial charge in [-0.05, 0) is 98.6 Å². The minimum Gasteiger partial charge on any atom is -0.353 e. The molecule has 3 nitrogen and oxygen atoms in total. The number of amides is 1.